The van der Waals surface area contributed by atoms with Gasteiger partial charge in [-0.25, -0.2) is 17.7 Å². The lowest BCUT2D eigenvalue weighted by molar-refractivity contribution is 0.102. The van der Waals surface area contributed by atoms with Gasteiger partial charge in [0.1, 0.15) is 0 Å². The van der Waals surface area contributed by atoms with E-state index in [4.69, 9.17) is 4.98 Å². The van der Waals surface area contributed by atoms with E-state index in [1.54, 1.807) is 41.3 Å². The molecule has 0 atom stereocenters. The molecule has 0 bridgehead atoms. The lowest BCUT2D eigenvalue weighted by Crippen LogP contribution is -2.22. The number of rotatable bonds is 5. The first kappa shape index (κ1) is 21.2. The van der Waals surface area contributed by atoms with Crippen LogP contribution in [0.15, 0.2) is 52.7 Å². The Morgan fingerprint density at radius 1 is 1.16 bits per heavy atom. The van der Waals surface area contributed by atoms with Crippen molar-refractivity contribution in [1.82, 2.24) is 19.1 Å². The summed E-state index contributed by atoms with van der Waals surface area (Å²) in [5.41, 5.74) is 2.99. The number of thiophene rings is 1. The van der Waals surface area contributed by atoms with Gasteiger partial charge in [-0.2, -0.15) is 5.10 Å². The molecule has 10 heteroatoms. The van der Waals surface area contributed by atoms with Crippen LogP contribution in [-0.4, -0.2) is 47.5 Å². The van der Waals surface area contributed by atoms with Crippen LogP contribution in [0.2, 0.25) is 0 Å². The van der Waals surface area contributed by atoms with Gasteiger partial charge >= 0.3 is 0 Å². The first-order valence-corrected chi connectivity index (χ1v) is 11.7. The van der Waals surface area contributed by atoms with Gasteiger partial charge < -0.3 is 5.32 Å². The van der Waals surface area contributed by atoms with Gasteiger partial charge in [-0.1, -0.05) is 6.07 Å². The molecule has 4 aromatic rings. The molecule has 1 aromatic carbocycles. The summed E-state index contributed by atoms with van der Waals surface area (Å²) in [6.07, 6.45) is 0. The summed E-state index contributed by atoms with van der Waals surface area (Å²) in [7, 11) is 1.21. The fraction of sp³-hybridized carbons (Fsp3) is 0.190. The highest BCUT2D eigenvalue weighted by Gasteiger charge is 2.21. The molecule has 0 aliphatic heterocycles. The number of anilines is 1. The molecule has 8 nitrogen and oxygen atoms in total. The Kier molecular flexibility index (Phi) is 5.38. The summed E-state index contributed by atoms with van der Waals surface area (Å²) in [5.74, 6) is -0.315. The van der Waals surface area contributed by atoms with E-state index < -0.39 is 10.0 Å². The number of hydrogen-bond donors (Lipinski definition) is 1. The van der Waals surface area contributed by atoms with Crippen molar-refractivity contribution < 1.29 is 13.2 Å². The minimum Gasteiger partial charge on any atom is -0.322 e. The third-order valence-electron chi connectivity index (χ3n) is 4.88. The number of hydrogen-bond acceptors (Lipinski definition) is 6. The molecule has 0 saturated heterocycles. The third-order valence-corrected chi connectivity index (χ3v) is 7.60. The molecule has 0 aliphatic rings. The Morgan fingerprint density at radius 3 is 2.48 bits per heavy atom. The zero-order valence-electron chi connectivity index (χ0n) is 17.4. The molecule has 0 fully saturated rings. The second-order valence-corrected chi connectivity index (χ2v) is 10.3. The van der Waals surface area contributed by atoms with Crippen molar-refractivity contribution in [3.8, 4) is 10.6 Å². The predicted molar refractivity (Wildman–Crippen MR) is 122 cm³/mol. The highest BCUT2D eigenvalue weighted by molar-refractivity contribution is 7.89. The number of benzene rings is 1. The number of sulfonamides is 1. The fourth-order valence-corrected chi connectivity index (χ4v) is 4.88. The van der Waals surface area contributed by atoms with E-state index in [0.29, 0.717) is 33.7 Å². The quantitative estimate of drug-likeness (QED) is 0.497. The van der Waals surface area contributed by atoms with Gasteiger partial charge in [0, 0.05) is 26.8 Å². The first-order chi connectivity index (χ1) is 14.7. The number of nitrogens with one attached hydrogen (secondary N) is 1. The van der Waals surface area contributed by atoms with Gasteiger partial charge in [-0.3, -0.25) is 9.48 Å². The molecular weight excluding hydrogens is 434 g/mol. The third kappa shape index (κ3) is 3.85. The largest absolute Gasteiger partial charge is 0.322 e. The molecule has 3 aromatic heterocycles. The zero-order chi connectivity index (χ0) is 22.3. The number of aromatic nitrogens is 3. The topological polar surface area (TPSA) is 97.2 Å². The maximum atomic E-state index is 13.2. The van der Waals surface area contributed by atoms with Crippen LogP contribution in [0.1, 0.15) is 16.1 Å². The van der Waals surface area contributed by atoms with Crippen LogP contribution in [0.25, 0.3) is 21.6 Å². The van der Waals surface area contributed by atoms with Gasteiger partial charge in [0.05, 0.1) is 32.1 Å². The molecule has 0 aliphatic carbocycles. The van der Waals surface area contributed by atoms with Crippen molar-refractivity contribution in [3.05, 3.63) is 59.1 Å². The molecule has 0 radical (unpaired) electrons. The van der Waals surface area contributed by atoms with Crippen molar-refractivity contribution in [3.63, 3.8) is 0 Å². The predicted octanol–water partition coefficient (Wildman–Crippen LogP) is 3.51. The molecule has 160 valence electrons. The van der Waals surface area contributed by atoms with Gasteiger partial charge in [-0.15, -0.1) is 11.3 Å². The molecule has 0 spiro atoms. The molecule has 3 heterocycles. The number of nitrogens with zero attached hydrogens (tertiary/aromatic N) is 4. The first-order valence-electron chi connectivity index (χ1n) is 9.40. The Labute approximate surface area is 184 Å². The zero-order valence-corrected chi connectivity index (χ0v) is 19.1. The highest BCUT2D eigenvalue weighted by Crippen LogP contribution is 2.30. The average molecular weight is 456 g/mol. The molecule has 0 saturated carbocycles. The SMILES string of the molecule is Cc1nn(C)c2nc(-c3cccs3)cc(C(=O)Nc3ccc(S(=O)(=O)N(C)C)cc3)c12. The van der Waals surface area contributed by atoms with Crippen LogP contribution in [0.3, 0.4) is 0 Å². The summed E-state index contributed by atoms with van der Waals surface area (Å²) < 4.78 is 27.3. The van der Waals surface area contributed by atoms with Crippen LogP contribution in [0, 0.1) is 6.92 Å². The number of pyridine rings is 1. The van der Waals surface area contributed by atoms with Crippen molar-refractivity contribution in [1.29, 1.82) is 0 Å². The molecule has 1 amide bonds. The normalized spacial score (nSPS) is 11.9. The number of carbonyl (C=O) groups excluding carboxylic acids is 1. The fourth-order valence-electron chi connectivity index (χ4n) is 3.29. The highest BCUT2D eigenvalue weighted by atomic mass is 32.2. The van der Waals surface area contributed by atoms with E-state index in [-0.39, 0.29) is 10.8 Å². The summed E-state index contributed by atoms with van der Waals surface area (Å²) in [6.45, 7) is 1.84. The minimum atomic E-state index is -3.53. The van der Waals surface area contributed by atoms with Crippen LogP contribution in [0.4, 0.5) is 5.69 Å². The molecule has 4 rings (SSSR count). The maximum absolute atomic E-state index is 13.2. The van der Waals surface area contributed by atoms with Gasteiger partial charge in [0.15, 0.2) is 5.65 Å². The van der Waals surface area contributed by atoms with Crippen molar-refractivity contribution in [2.24, 2.45) is 7.05 Å². The Bertz CT molecular complexity index is 1370. The van der Waals surface area contributed by atoms with Gasteiger partial charge in [0.2, 0.25) is 10.0 Å². The van der Waals surface area contributed by atoms with Gasteiger partial charge in [-0.05, 0) is 48.7 Å². The molecule has 31 heavy (non-hydrogen) atoms. The van der Waals surface area contributed by atoms with Crippen LogP contribution in [0.5, 0.6) is 0 Å². The molecule has 0 unspecified atom stereocenters. The number of fused-ring (bicyclic) bond motifs is 1. The standard InChI is InChI=1S/C21H21N5O3S2/c1-13-19-16(12-17(18-6-5-11-30-18)23-20(19)26(4)24-13)21(27)22-14-7-9-15(10-8-14)31(28,29)25(2)3/h5-12H,1-4H3,(H,22,27). The van der Waals surface area contributed by atoms with Crippen molar-refractivity contribution in [2.75, 3.05) is 19.4 Å². The molecule has 1 N–H and O–H groups in total. The monoisotopic (exact) mass is 455 g/mol. The van der Waals surface area contributed by atoms with Crippen molar-refractivity contribution >= 4 is 44.0 Å². The summed E-state index contributed by atoms with van der Waals surface area (Å²) in [4.78, 5) is 19.0. The summed E-state index contributed by atoms with van der Waals surface area (Å²) in [6, 6.07) is 11.7. The summed E-state index contributed by atoms with van der Waals surface area (Å²) in [5, 5.41) is 9.93. The van der Waals surface area contributed by atoms with Crippen molar-refractivity contribution in [2.45, 2.75) is 11.8 Å². The molecular formula is C21H21N5O3S2. The van der Waals surface area contributed by atoms with E-state index in [9.17, 15) is 13.2 Å². The smallest absolute Gasteiger partial charge is 0.256 e. The van der Waals surface area contributed by atoms with E-state index in [1.807, 2.05) is 24.4 Å². The Hall–Kier alpha value is -3.08. The average Bonchev–Trinajstić information content (AvgIpc) is 3.36. The van der Waals surface area contributed by atoms with E-state index in [0.717, 1.165) is 9.18 Å². The van der Waals surface area contributed by atoms with E-state index >= 15 is 0 Å². The van der Waals surface area contributed by atoms with E-state index in [1.165, 1.54) is 26.2 Å². The minimum absolute atomic E-state index is 0.157. The van der Waals surface area contributed by atoms with E-state index in [2.05, 4.69) is 10.4 Å². The second kappa shape index (κ2) is 7.88. The second-order valence-electron chi connectivity index (χ2n) is 7.21. The van der Waals surface area contributed by atoms with Gasteiger partial charge in [0.25, 0.3) is 5.91 Å². The maximum Gasteiger partial charge on any atom is 0.256 e. The lowest BCUT2D eigenvalue weighted by atomic mass is 10.1. The number of amides is 1. The summed E-state index contributed by atoms with van der Waals surface area (Å²) >= 11 is 1.54. The van der Waals surface area contributed by atoms with Crippen LogP contribution < -0.4 is 5.32 Å². The number of aryl methyl sites for hydroxylation is 2. The Morgan fingerprint density at radius 2 is 1.87 bits per heavy atom. The van der Waals surface area contributed by atoms with Crippen LogP contribution in [-0.2, 0) is 17.1 Å². The number of carbonyl (C=O) groups is 1. The van der Waals surface area contributed by atoms with Crippen LogP contribution >= 0.6 is 11.3 Å². The Balaban J connectivity index is 1.72. The lowest BCUT2D eigenvalue weighted by Gasteiger charge is -2.12.